The Kier molecular flexibility index (Phi) is 9.03. The molecule has 0 saturated heterocycles. The van der Waals surface area contributed by atoms with E-state index in [4.69, 9.17) is 9.47 Å². The number of nitrogens with one attached hydrogen (secondary N) is 2. The zero-order valence-corrected chi connectivity index (χ0v) is 21.5. The Morgan fingerprint density at radius 1 is 1.05 bits per heavy atom. The van der Waals surface area contributed by atoms with Crippen molar-refractivity contribution in [3.63, 3.8) is 0 Å². The molecule has 7 nitrogen and oxygen atoms in total. The van der Waals surface area contributed by atoms with Crippen LogP contribution in [0.3, 0.4) is 0 Å². The zero-order valence-electron chi connectivity index (χ0n) is 21.5. The van der Waals surface area contributed by atoms with Crippen molar-refractivity contribution in [3.05, 3.63) is 107 Å². The van der Waals surface area contributed by atoms with Gasteiger partial charge in [0.2, 0.25) is 5.91 Å². The first kappa shape index (κ1) is 28.6. The Morgan fingerprint density at radius 2 is 1.73 bits per heavy atom. The molecule has 2 amide bonds. The maximum absolute atomic E-state index is 13.1. The third-order valence-corrected chi connectivity index (χ3v) is 6.15. The van der Waals surface area contributed by atoms with Crippen molar-refractivity contribution in [1.29, 1.82) is 0 Å². The van der Waals surface area contributed by atoms with Gasteiger partial charge in [-0.25, -0.2) is 0 Å². The number of amides is 2. The van der Waals surface area contributed by atoms with Crippen LogP contribution < -0.4 is 15.4 Å². The number of methoxy groups -OCH3 is 1. The minimum absolute atomic E-state index is 0.0600. The summed E-state index contributed by atoms with van der Waals surface area (Å²) in [5, 5.41) is 15.3. The number of allylic oxidation sites excluding steroid dienone is 2. The summed E-state index contributed by atoms with van der Waals surface area (Å²) in [6.07, 6.45) is -1.21. The van der Waals surface area contributed by atoms with E-state index in [-0.39, 0.29) is 6.42 Å². The van der Waals surface area contributed by atoms with E-state index in [1.165, 1.54) is 24.3 Å². The van der Waals surface area contributed by atoms with Crippen LogP contribution in [0.1, 0.15) is 22.3 Å². The van der Waals surface area contributed by atoms with Crippen LogP contribution in [0.15, 0.2) is 85.0 Å². The van der Waals surface area contributed by atoms with E-state index in [2.05, 4.69) is 10.6 Å². The van der Waals surface area contributed by atoms with E-state index < -0.39 is 29.7 Å². The fourth-order valence-corrected chi connectivity index (χ4v) is 4.12. The highest BCUT2D eigenvalue weighted by molar-refractivity contribution is 6.03. The molecule has 4 rings (SSSR count). The molecule has 1 heterocycles. The lowest BCUT2D eigenvalue weighted by Gasteiger charge is -2.23. The van der Waals surface area contributed by atoms with Gasteiger partial charge in [0, 0.05) is 36.5 Å². The Morgan fingerprint density at radius 3 is 2.38 bits per heavy atom. The molecule has 3 aromatic carbocycles. The van der Waals surface area contributed by atoms with E-state index in [0.717, 1.165) is 12.1 Å². The number of carbonyl (C=O) groups excluding carboxylic acids is 2. The Hall–Kier alpha value is -4.41. The van der Waals surface area contributed by atoms with Crippen LogP contribution in [0.5, 0.6) is 5.75 Å². The van der Waals surface area contributed by atoms with Gasteiger partial charge in [0.15, 0.2) is 0 Å². The van der Waals surface area contributed by atoms with Crippen LogP contribution >= 0.6 is 0 Å². The summed E-state index contributed by atoms with van der Waals surface area (Å²) in [6.45, 7) is 0.789. The molecule has 208 valence electrons. The number of halogens is 3. The van der Waals surface area contributed by atoms with Crippen molar-refractivity contribution >= 4 is 28.8 Å². The number of rotatable bonds is 9. The molecule has 1 atom stereocenters. The number of aliphatic hydroxyl groups excluding tert-OH is 1. The molecule has 0 fully saturated rings. The average Bonchev–Trinajstić information content (AvgIpc) is 2.92. The minimum Gasteiger partial charge on any atom is -0.491 e. The van der Waals surface area contributed by atoms with Crippen LogP contribution in [0.4, 0.5) is 24.5 Å². The van der Waals surface area contributed by atoms with Crippen molar-refractivity contribution in [2.24, 2.45) is 0 Å². The smallest absolute Gasteiger partial charge is 0.416 e. The molecule has 0 aromatic heterocycles. The maximum atomic E-state index is 13.1. The van der Waals surface area contributed by atoms with Gasteiger partial charge in [0.05, 0.1) is 12.2 Å². The number of ether oxygens (including phenoxy) is 2. The van der Waals surface area contributed by atoms with Gasteiger partial charge in [0.25, 0.3) is 5.91 Å². The molecule has 0 aliphatic carbocycles. The van der Waals surface area contributed by atoms with E-state index in [1.54, 1.807) is 55.7 Å². The predicted molar refractivity (Wildman–Crippen MR) is 145 cm³/mol. The number of anilines is 2. The number of carbonyl (C=O) groups is 2. The predicted octanol–water partition coefficient (Wildman–Crippen LogP) is 5.21. The molecule has 1 aliphatic heterocycles. The molecule has 0 spiro atoms. The third kappa shape index (κ3) is 7.16. The van der Waals surface area contributed by atoms with E-state index in [0.29, 0.717) is 52.6 Å². The van der Waals surface area contributed by atoms with Gasteiger partial charge in [-0.3, -0.25) is 9.59 Å². The van der Waals surface area contributed by atoms with Gasteiger partial charge >= 0.3 is 6.18 Å². The van der Waals surface area contributed by atoms with Crippen LogP contribution in [-0.2, 0) is 26.9 Å². The van der Waals surface area contributed by atoms with Crippen molar-refractivity contribution < 1.29 is 37.3 Å². The summed E-state index contributed by atoms with van der Waals surface area (Å²) in [7, 11) is 1.57. The fourth-order valence-electron chi connectivity index (χ4n) is 4.12. The molecule has 3 N–H and O–H groups in total. The number of hydrogen-bond donors (Lipinski definition) is 3. The molecular formula is C30H27F3N2O5. The lowest BCUT2D eigenvalue weighted by atomic mass is 9.96. The van der Waals surface area contributed by atoms with Crippen molar-refractivity contribution in [3.8, 4) is 5.75 Å². The van der Waals surface area contributed by atoms with E-state index in [1.807, 2.05) is 0 Å². The summed E-state index contributed by atoms with van der Waals surface area (Å²) < 4.78 is 49.9. The topological polar surface area (TPSA) is 96.9 Å². The van der Waals surface area contributed by atoms with Crippen LogP contribution in [0, 0.1) is 0 Å². The van der Waals surface area contributed by atoms with Gasteiger partial charge in [0.1, 0.15) is 18.5 Å². The first-order chi connectivity index (χ1) is 19.2. The van der Waals surface area contributed by atoms with Crippen molar-refractivity contribution in [1.82, 2.24) is 0 Å². The van der Waals surface area contributed by atoms with Crippen molar-refractivity contribution in [2.75, 3.05) is 31.0 Å². The standard InChI is InChI=1S/C30H27F3N2O5/c1-39-16-17-40-22-14-10-20(11-15-22)23(19-8-12-21(13-9-19)30(31,32)33)4-2-7-28(37)34-25-5-3-6-26-24(25)18-27(36)29(38)35-26/h2-15,27,36H,16-18H2,1H3,(H,34,37)(H,35,38)/b7-2+,23-4-. The summed E-state index contributed by atoms with van der Waals surface area (Å²) in [4.78, 5) is 24.4. The SMILES string of the molecule is COCCOc1ccc(/C(=C\C=C\C(=O)Nc2cccc3c2CC(O)C(=O)N3)c2ccc(C(F)(F)F)cc2)cc1. The number of fused-ring (bicyclic) bond motifs is 1. The van der Waals surface area contributed by atoms with E-state index >= 15 is 0 Å². The fraction of sp³-hybridized carbons (Fsp3) is 0.200. The second kappa shape index (κ2) is 12.6. The van der Waals surface area contributed by atoms with Gasteiger partial charge in [-0.1, -0.05) is 42.5 Å². The monoisotopic (exact) mass is 552 g/mol. The molecule has 0 radical (unpaired) electrons. The maximum Gasteiger partial charge on any atom is 0.416 e. The lowest BCUT2D eigenvalue weighted by molar-refractivity contribution is -0.137. The first-order valence-corrected chi connectivity index (χ1v) is 12.4. The first-order valence-electron chi connectivity index (χ1n) is 12.4. The highest BCUT2D eigenvalue weighted by Gasteiger charge is 2.30. The summed E-state index contributed by atoms with van der Waals surface area (Å²) in [5.41, 5.74) is 2.60. The van der Waals surface area contributed by atoms with E-state index in [9.17, 15) is 27.9 Å². The van der Waals surface area contributed by atoms with Crippen LogP contribution in [-0.4, -0.2) is 43.3 Å². The second-order valence-electron chi connectivity index (χ2n) is 8.91. The zero-order chi connectivity index (χ0) is 28.7. The largest absolute Gasteiger partial charge is 0.491 e. The third-order valence-electron chi connectivity index (χ3n) is 6.15. The second-order valence-corrected chi connectivity index (χ2v) is 8.91. The number of hydrogen-bond acceptors (Lipinski definition) is 5. The Labute approximate surface area is 228 Å². The van der Waals surface area contributed by atoms with Gasteiger partial charge in [-0.15, -0.1) is 0 Å². The highest BCUT2D eigenvalue weighted by atomic mass is 19.4. The number of benzene rings is 3. The molecule has 1 unspecified atom stereocenters. The lowest BCUT2D eigenvalue weighted by Crippen LogP contribution is -2.34. The van der Waals surface area contributed by atoms with Crippen LogP contribution in [0.2, 0.25) is 0 Å². The molecular weight excluding hydrogens is 525 g/mol. The number of alkyl halides is 3. The molecule has 3 aromatic rings. The average molecular weight is 553 g/mol. The number of aliphatic hydroxyl groups is 1. The molecule has 0 saturated carbocycles. The summed E-state index contributed by atoms with van der Waals surface area (Å²) in [5.74, 6) is -0.369. The van der Waals surface area contributed by atoms with Gasteiger partial charge in [-0.05, 0) is 53.1 Å². The summed E-state index contributed by atoms with van der Waals surface area (Å²) >= 11 is 0. The molecule has 0 bridgehead atoms. The Bertz CT molecular complexity index is 1410. The molecule has 1 aliphatic rings. The molecule has 40 heavy (non-hydrogen) atoms. The van der Waals surface area contributed by atoms with Crippen molar-refractivity contribution in [2.45, 2.75) is 18.7 Å². The normalized spacial score (nSPS) is 15.5. The Balaban J connectivity index is 1.57. The molecule has 10 heteroatoms. The highest BCUT2D eigenvalue weighted by Crippen LogP contribution is 2.32. The quantitative estimate of drug-likeness (QED) is 0.192. The minimum atomic E-state index is -4.46. The van der Waals surface area contributed by atoms with Gasteiger partial charge < -0.3 is 25.2 Å². The summed E-state index contributed by atoms with van der Waals surface area (Å²) in [6, 6.07) is 16.8. The van der Waals surface area contributed by atoms with Gasteiger partial charge in [-0.2, -0.15) is 13.2 Å². The van der Waals surface area contributed by atoms with Crippen LogP contribution in [0.25, 0.3) is 5.57 Å².